The first-order valence-corrected chi connectivity index (χ1v) is 10.2. The largest absolute Gasteiger partial charge is 0.368 e. The minimum Gasteiger partial charge on any atom is -0.368 e. The summed E-state index contributed by atoms with van der Waals surface area (Å²) in [5.41, 5.74) is 1.76. The maximum absolute atomic E-state index is 12.7. The summed E-state index contributed by atoms with van der Waals surface area (Å²) in [5.74, 6) is -0.160. The molecule has 1 atom stereocenters. The molecule has 2 aliphatic rings. The van der Waals surface area contributed by atoms with Gasteiger partial charge >= 0.3 is 0 Å². The second-order valence-electron chi connectivity index (χ2n) is 6.94. The number of anilines is 2. The van der Waals surface area contributed by atoms with Gasteiger partial charge in [0.05, 0.1) is 15.9 Å². The fourth-order valence-corrected chi connectivity index (χ4v) is 4.62. The quantitative estimate of drug-likeness (QED) is 0.613. The lowest BCUT2D eigenvalue weighted by Gasteiger charge is -2.36. The van der Waals surface area contributed by atoms with Crippen LogP contribution in [0.3, 0.4) is 0 Å². The second-order valence-corrected chi connectivity index (χ2v) is 8.18. The van der Waals surface area contributed by atoms with E-state index in [1.807, 2.05) is 24.3 Å². The number of nitrogens with one attached hydrogen (secondary N) is 1. The molecule has 29 heavy (non-hydrogen) atoms. The Morgan fingerprint density at radius 1 is 1.10 bits per heavy atom. The molecule has 1 saturated heterocycles. The van der Waals surface area contributed by atoms with E-state index in [4.69, 9.17) is 0 Å². The highest BCUT2D eigenvalue weighted by molar-refractivity contribution is 8.01. The van der Waals surface area contributed by atoms with Crippen molar-refractivity contribution in [3.05, 3.63) is 58.6 Å². The average Bonchev–Trinajstić information content (AvgIpc) is 2.74. The van der Waals surface area contributed by atoms with Crippen LogP contribution in [0.15, 0.2) is 53.4 Å². The van der Waals surface area contributed by atoms with Crippen molar-refractivity contribution in [3.63, 3.8) is 0 Å². The van der Waals surface area contributed by atoms with Gasteiger partial charge in [-0.25, -0.2) is 0 Å². The lowest BCUT2D eigenvalue weighted by Crippen LogP contribution is -2.49. The van der Waals surface area contributed by atoms with Crippen LogP contribution in [-0.2, 0) is 9.59 Å². The number of rotatable bonds is 4. The van der Waals surface area contributed by atoms with Crippen LogP contribution < -0.4 is 10.2 Å². The van der Waals surface area contributed by atoms with Gasteiger partial charge in [0, 0.05) is 55.3 Å². The van der Waals surface area contributed by atoms with Crippen molar-refractivity contribution < 1.29 is 14.5 Å². The van der Waals surface area contributed by atoms with Crippen LogP contribution in [0, 0.1) is 10.1 Å². The van der Waals surface area contributed by atoms with Gasteiger partial charge < -0.3 is 15.1 Å². The molecule has 0 unspecified atom stereocenters. The molecule has 1 N–H and O–H groups in total. The molecule has 0 aliphatic carbocycles. The molecule has 8 nitrogen and oxygen atoms in total. The first-order chi connectivity index (χ1) is 14.0. The number of benzene rings is 2. The maximum atomic E-state index is 12.7. The van der Waals surface area contributed by atoms with Gasteiger partial charge in [-0.15, -0.1) is 11.8 Å². The van der Waals surface area contributed by atoms with Crippen LogP contribution in [0.2, 0.25) is 0 Å². The summed E-state index contributed by atoms with van der Waals surface area (Å²) in [7, 11) is 0. The highest BCUT2D eigenvalue weighted by Crippen LogP contribution is 2.36. The zero-order valence-electron chi connectivity index (χ0n) is 15.6. The molecule has 2 aliphatic heterocycles. The Balaban J connectivity index is 1.32. The van der Waals surface area contributed by atoms with Crippen molar-refractivity contribution in [2.75, 3.05) is 36.4 Å². The molecule has 2 heterocycles. The maximum Gasteiger partial charge on any atom is 0.269 e. The summed E-state index contributed by atoms with van der Waals surface area (Å²) in [4.78, 5) is 40.3. The Hall–Kier alpha value is -3.07. The van der Waals surface area contributed by atoms with E-state index >= 15 is 0 Å². The lowest BCUT2D eigenvalue weighted by molar-refractivity contribution is -0.384. The Bertz CT molecular complexity index is 942. The summed E-state index contributed by atoms with van der Waals surface area (Å²) in [6.07, 6.45) is 0.169. The molecular formula is C20H20N4O4S. The molecule has 4 rings (SSSR count). The molecule has 150 valence electrons. The minimum absolute atomic E-state index is 0.0274. The van der Waals surface area contributed by atoms with Crippen LogP contribution in [0.1, 0.15) is 6.42 Å². The van der Waals surface area contributed by atoms with Gasteiger partial charge in [0.25, 0.3) is 5.69 Å². The highest BCUT2D eigenvalue weighted by atomic mass is 32.2. The van der Waals surface area contributed by atoms with Crippen molar-refractivity contribution in [2.24, 2.45) is 0 Å². The number of para-hydroxylation sites is 1. The third-order valence-corrected chi connectivity index (χ3v) is 6.40. The molecule has 0 spiro atoms. The third kappa shape index (κ3) is 4.19. The highest BCUT2D eigenvalue weighted by Gasteiger charge is 2.31. The number of fused-ring (bicyclic) bond motifs is 1. The summed E-state index contributed by atoms with van der Waals surface area (Å²) in [5, 5.41) is 13.2. The number of piperazine rings is 1. The topological polar surface area (TPSA) is 95.8 Å². The standard InChI is InChI=1S/C20H20N4O4S/c25-19(13-18-20(26)21-16-3-1-2-4-17(16)29-18)23-11-9-22(10-12-23)14-5-7-15(8-6-14)24(27)28/h1-8,18H,9-13H2,(H,21,26)/t18-/m0/s1. The van der Waals surface area contributed by atoms with Gasteiger partial charge in [0.1, 0.15) is 0 Å². The molecule has 2 aromatic carbocycles. The molecule has 2 aromatic rings. The number of carbonyl (C=O) groups excluding carboxylic acids is 2. The summed E-state index contributed by atoms with van der Waals surface area (Å²) in [6.45, 7) is 2.42. The number of nitrogens with zero attached hydrogens (tertiary/aromatic N) is 3. The number of carbonyl (C=O) groups is 2. The fraction of sp³-hybridized carbons (Fsp3) is 0.300. The minimum atomic E-state index is -0.426. The van der Waals surface area contributed by atoms with E-state index in [1.165, 1.54) is 23.9 Å². The normalized spacial score (nSPS) is 18.8. The second kappa shape index (κ2) is 8.12. The van der Waals surface area contributed by atoms with Gasteiger partial charge in [0.2, 0.25) is 11.8 Å². The first kappa shape index (κ1) is 19.3. The average molecular weight is 412 g/mol. The predicted molar refractivity (Wildman–Crippen MR) is 111 cm³/mol. The van der Waals surface area contributed by atoms with Gasteiger partial charge in [-0.05, 0) is 24.3 Å². The van der Waals surface area contributed by atoms with Crippen molar-refractivity contribution in [1.29, 1.82) is 0 Å². The Labute approximate surface area is 172 Å². The molecule has 0 radical (unpaired) electrons. The van der Waals surface area contributed by atoms with Crippen molar-refractivity contribution in [1.82, 2.24) is 4.90 Å². The number of nitro groups is 1. The molecule has 1 fully saturated rings. The van der Waals surface area contributed by atoms with Crippen LogP contribution in [0.25, 0.3) is 0 Å². The van der Waals surface area contributed by atoms with Gasteiger partial charge in [-0.1, -0.05) is 12.1 Å². The van der Waals surface area contributed by atoms with E-state index in [9.17, 15) is 19.7 Å². The van der Waals surface area contributed by atoms with E-state index in [0.29, 0.717) is 26.2 Å². The monoisotopic (exact) mass is 412 g/mol. The van der Waals surface area contributed by atoms with Crippen molar-refractivity contribution in [2.45, 2.75) is 16.6 Å². The van der Waals surface area contributed by atoms with E-state index in [1.54, 1.807) is 17.0 Å². The van der Waals surface area contributed by atoms with Gasteiger partial charge in [0.15, 0.2) is 0 Å². The van der Waals surface area contributed by atoms with E-state index in [-0.39, 0.29) is 23.9 Å². The molecule has 0 saturated carbocycles. The zero-order valence-corrected chi connectivity index (χ0v) is 16.4. The number of non-ortho nitro benzene ring substituents is 1. The Kier molecular flexibility index (Phi) is 5.39. The van der Waals surface area contributed by atoms with Gasteiger partial charge in [-0.2, -0.15) is 0 Å². The summed E-state index contributed by atoms with van der Waals surface area (Å²) in [6, 6.07) is 14.0. The van der Waals surface area contributed by atoms with Crippen LogP contribution in [0.4, 0.5) is 17.1 Å². The molecule has 0 bridgehead atoms. The number of thioether (sulfide) groups is 1. The zero-order chi connectivity index (χ0) is 20.4. The van der Waals surface area contributed by atoms with Crippen LogP contribution in [0.5, 0.6) is 0 Å². The van der Waals surface area contributed by atoms with Crippen LogP contribution >= 0.6 is 11.8 Å². The van der Waals surface area contributed by atoms with Crippen molar-refractivity contribution >= 4 is 40.6 Å². The van der Waals surface area contributed by atoms with E-state index in [0.717, 1.165) is 16.3 Å². The third-order valence-electron chi connectivity index (χ3n) is 5.12. The summed E-state index contributed by atoms with van der Waals surface area (Å²) >= 11 is 1.43. The predicted octanol–water partition coefficient (Wildman–Crippen LogP) is 2.75. The summed E-state index contributed by atoms with van der Waals surface area (Å²) < 4.78 is 0. The fourth-order valence-electron chi connectivity index (χ4n) is 3.51. The first-order valence-electron chi connectivity index (χ1n) is 9.35. The molecule has 0 aromatic heterocycles. The molecular weight excluding hydrogens is 392 g/mol. The molecule has 2 amide bonds. The Morgan fingerprint density at radius 2 is 1.79 bits per heavy atom. The molecule has 9 heteroatoms. The van der Waals surface area contributed by atoms with Crippen molar-refractivity contribution in [3.8, 4) is 0 Å². The number of nitro benzene ring substituents is 1. The van der Waals surface area contributed by atoms with Crippen LogP contribution in [-0.4, -0.2) is 53.1 Å². The Morgan fingerprint density at radius 3 is 2.48 bits per heavy atom. The van der Waals surface area contributed by atoms with E-state index < -0.39 is 10.2 Å². The lowest BCUT2D eigenvalue weighted by atomic mass is 10.2. The smallest absolute Gasteiger partial charge is 0.269 e. The number of hydrogen-bond acceptors (Lipinski definition) is 6. The number of amides is 2. The van der Waals surface area contributed by atoms with E-state index in [2.05, 4.69) is 10.2 Å². The van der Waals surface area contributed by atoms with Gasteiger partial charge in [-0.3, -0.25) is 19.7 Å². The number of hydrogen-bond donors (Lipinski definition) is 1. The SMILES string of the molecule is O=C1Nc2ccccc2S[C@H]1CC(=O)N1CCN(c2ccc([N+](=O)[O-])cc2)CC1.